The average Bonchev–Trinajstić information content (AvgIpc) is 2.35. The van der Waals surface area contributed by atoms with Gasteiger partial charge in [-0.3, -0.25) is 0 Å². The molecule has 1 aromatic rings. The predicted octanol–water partition coefficient (Wildman–Crippen LogP) is 0.469. The van der Waals surface area contributed by atoms with E-state index in [9.17, 15) is 5.11 Å². The lowest BCUT2D eigenvalue weighted by Gasteiger charge is -2.12. The lowest BCUT2D eigenvalue weighted by molar-refractivity contribution is 0.105. The molecule has 0 aliphatic heterocycles. The van der Waals surface area contributed by atoms with Crippen LogP contribution >= 0.6 is 0 Å². The van der Waals surface area contributed by atoms with Gasteiger partial charge in [-0.2, -0.15) is 0 Å². The second-order valence-electron chi connectivity index (χ2n) is 3.32. The summed E-state index contributed by atoms with van der Waals surface area (Å²) in [4.78, 5) is 0. The Kier molecular flexibility index (Phi) is 4.88. The van der Waals surface area contributed by atoms with Crippen LogP contribution in [0, 0.1) is 0 Å². The second kappa shape index (κ2) is 6.19. The third-order valence-electron chi connectivity index (χ3n) is 2.10. The number of rotatable bonds is 6. The molecule has 0 saturated heterocycles. The first-order valence-corrected chi connectivity index (χ1v) is 4.95. The Morgan fingerprint density at radius 2 is 1.75 bits per heavy atom. The third kappa shape index (κ3) is 3.60. The molecule has 0 bridgehead atoms. The molecule has 0 fully saturated rings. The van der Waals surface area contributed by atoms with Crippen molar-refractivity contribution in [3.05, 3.63) is 18.2 Å². The van der Waals surface area contributed by atoms with Crippen molar-refractivity contribution in [2.24, 2.45) is 0 Å². The molecule has 0 radical (unpaired) electrons. The topological polar surface area (TPSA) is 71.0 Å². The van der Waals surface area contributed by atoms with E-state index >= 15 is 0 Å². The molecule has 0 aliphatic carbocycles. The van der Waals surface area contributed by atoms with Crippen LogP contribution in [-0.4, -0.2) is 43.7 Å². The fourth-order valence-electron chi connectivity index (χ4n) is 1.21. The van der Waals surface area contributed by atoms with Crippen LogP contribution in [0.5, 0.6) is 11.5 Å². The van der Waals surface area contributed by atoms with Crippen molar-refractivity contribution in [2.75, 3.05) is 32.7 Å². The number of aliphatic hydroxyl groups is 2. The molecule has 3 N–H and O–H groups in total. The van der Waals surface area contributed by atoms with Gasteiger partial charge in [0.25, 0.3) is 0 Å². The van der Waals surface area contributed by atoms with E-state index in [1.165, 1.54) is 0 Å². The minimum atomic E-state index is -0.780. The van der Waals surface area contributed by atoms with E-state index in [-0.39, 0.29) is 13.2 Å². The van der Waals surface area contributed by atoms with Gasteiger partial charge in [0, 0.05) is 30.4 Å². The van der Waals surface area contributed by atoms with E-state index in [0.29, 0.717) is 11.5 Å². The molecule has 0 amide bonds. The van der Waals surface area contributed by atoms with Gasteiger partial charge in [-0.15, -0.1) is 0 Å². The van der Waals surface area contributed by atoms with E-state index in [1.807, 2.05) is 0 Å². The summed E-state index contributed by atoms with van der Waals surface area (Å²) < 4.78 is 10.2. The maximum absolute atomic E-state index is 9.20. The number of hydrogen-bond donors (Lipinski definition) is 3. The zero-order valence-corrected chi connectivity index (χ0v) is 9.43. The highest BCUT2D eigenvalue weighted by Crippen LogP contribution is 2.25. The summed E-state index contributed by atoms with van der Waals surface area (Å²) in [6, 6.07) is 5.33. The van der Waals surface area contributed by atoms with Crippen LogP contribution < -0.4 is 14.8 Å². The van der Waals surface area contributed by atoms with Crippen molar-refractivity contribution >= 4 is 5.69 Å². The molecule has 1 aromatic carbocycles. The number of ether oxygens (including phenoxy) is 2. The van der Waals surface area contributed by atoms with Crippen LogP contribution in [0.4, 0.5) is 5.69 Å². The van der Waals surface area contributed by atoms with E-state index in [2.05, 4.69) is 5.32 Å². The van der Waals surface area contributed by atoms with Crippen LogP contribution in [-0.2, 0) is 0 Å². The summed E-state index contributed by atoms with van der Waals surface area (Å²) in [5.74, 6) is 1.33. The van der Waals surface area contributed by atoms with Crippen LogP contribution in [0.15, 0.2) is 18.2 Å². The first-order valence-electron chi connectivity index (χ1n) is 4.95. The molecule has 0 heterocycles. The maximum Gasteiger partial charge on any atom is 0.124 e. The summed E-state index contributed by atoms with van der Waals surface area (Å²) in [6.07, 6.45) is -0.780. The molecule has 0 saturated carbocycles. The molecular weight excluding hydrogens is 210 g/mol. The van der Waals surface area contributed by atoms with Crippen molar-refractivity contribution in [1.29, 1.82) is 0 Å². The van der Waals surface area contributed by atoms with Crippen molar-refractivity contribution in [1.82, 2.24) is 0 Å². The van der Waals surface area contributed by atoms with Gasteiger partial charge in [0.2, 0.25) is 0 Å². The number of hydrogen-bond acceptors (Lipinski definition) is 5. The zero-order chi connectivity index (χ0) is 12.0. The van der Waals surface area contributed by atoms with Gasteiger partial charge in [0.1, 0.15) is 11.5 Å². The summed E-state index contributed by atoms with van der Waals surface area (Å²) >= 11 is 0. The van der Waals surface area contributed by atoms with Crippen molar-refractivity contribution < 1.29 is 19.7 Å². The van der Waals surface area contributed by atoms with Crippen LogP contribution in [0.2, 0.25) is 0 Å². The van der Waals surface area contributed by atoms with E-state index in [0.717, 1.165) is 5.69 Å². The summed E-state index contributed by atoms with van der Waals surface area (Å²) in [6.45, 7) is 0.000918. The summed E-state index contributed by atoms with van der Waals surface area (Å²) in [7, 11) is 3.14. The highest BCUT2D eigenvalue weighted by Gasteiger charge is 2.04. The molecule has 16 heavy (non-hydrogen) atoms. The molecule has 0 spiro atoms. The fraction of sp³-hybridized carbons (Fsp3) is 0.455. The van der Waals surface area contributed by atoms with Gasteiger partial charge in [-0.1, -0.05) is 0 Å². The smallest absolute Gasteiger partial charge is 0.124 e. The first-order chi connectivity index (χ1) is 7.69. The molecule has 5 nitrogen and oxygen atoms in total. The Labute approximate surface area is 94.6 Å². The number of methoxy groups -OCH3 is 2. The minimum absolute atomic E-state index is 0.270. The number of anilines is 1. The standard InChI is InChI=1S/C11H17NO4/c1-15-10-3-8(4-11(5-10)16-2)12-6-9(14)7-13/h3-5,9,12-14H,6-7H2,1-2H3/t9-/m0/s1. The van der Waals surface area contributed by atoms with E-state index in [4.69, 9.17) is 14.6 Å². The lowest BCUT2D eigenvalue weighted by atomic mass is 10.2. The molecule has 5 heteroatoms. The quantitative estimate of drug-likeness (QED) is 0.659. The largest absolute Gasteiger partial charge is 0.497 e. The Morgan fingerprint density at radius 3 is 2.19 bits per heavy atom. The average molecular weight is 227 g/mol. The zero-order valence-electron chi connectivity index (χ0n) is 9.43. The molecule has 0 aromatic heterocycles. The normalized spacial score (nSPS) is 12.0. The van der Waals surface area contributed by atoms with Crippen LogP contribution in [0.25, 0.3) is 0 Å². The van der Waals surface area contributed by atoms with Crippen molar-refractivity contribution in [3.8, 4) is 11.5 Å². The molecule has 90 valence electrons. The summed E-state index contributed by atoms with van der Waals surface area (Å²) in [5, 5.41) is 20.8. The number of benzene rings is 1. The van der Waals surface area contributed by atoms with Gasteiger partial charge in [-0.25, -0.2) is 0 Å². The van der Waals surface area contributed by atoms with Gasteiger partial charge in [-0.05, 0) is 0 Å². The Morgan fingerprint density at radius 1 is 1.19 bits per heavy atom. The fourth-order valence-corrected chi connectivity index (χ4v) is 1.21. The van der Waals surface area contributed by atoms with Gasteiger partial charge < -0.3 is 25.0 Å². The molecular formula is C11H17NO4. The van der Waals surface area contributed by atoms with Crippen molar-refractivity contribution in [3.63, 3.8) is 0 Å². The number of nitrogens with one attached hydrogen (secondary N) is 1. The molecule has 1 atom stereocenters. The minimum Gasteiger partial charge on any atom is -0.497 e. The molecule has 1 rings (SSSR count). The number of aliphatic hydroxyl groups excluding tert-OH is 2. The Bertz CT molecular complexity index is 308. The van der Waals surface area contributed by atoms with Crippen LogP contribution in [0.1, 0.15) is 0 Å². The second-order valence-corrected chi connectivity index (χ2v) is 3.32. The predicted molar refractivity (Wildman–Crippen MR) is 61.1 cm³/mol. The van der Waals surface area contributed by atoms with Crippen molar-refractivity contribution in [2.45, 2.75) is 6.10 Å². The van der Waals surface area contributed by atoms with Gasteiger partial charge in [0.05, 0.1) is 26.9 Å². The third-order valence-corrected chi connectivity index (χ3v) is 2.10. The SMILES string of the molecule is COc1cc(NC[C@H](O)CO)cc(OC)c1. The summed E-state index contributed by atoms with van der Waals surface area (Å²) in [5.41, 5.74) is 0.767. The van der Waals surface area contributed by atoms with Gasteiger partial charge in [0.15, 0.2) is 0 Å². The van der Waals surface area contributed by atoms with E-state index < -0.39 is 6.10 Å². The lowest BCUT2D eigenvalue weighted by Crippen LogP contribution is -2.22. The Hall–Kier alpha value is -1.46. The molecule has 0 unspecified atom stereocenters. The highest BCUT2D eigenvalue weighted by molar-refractivity contribution is 5.53. The molecule has 0 aliphatic rings. The van der Waals surface area contributed by atoms with Gasteiger partial charge >= 0.3 is 0 Å². The Balaban J connectivity index is 2.71. The monoisotopic (exact) mass is 227 g/mol. The highest BCUT2D eigenvalue weighted by atomic mass is 16.5. The van der Waals surface area contributed by atoms with E-state index in [1.54, 1.807) is 32.4 Å². The maximum atomic E-state index is 9.20. The van der Waals surface area contributed by atoms with Crippen LogP contribution in [0.3, 0.4) is 0 Å². The first kappa shape index (κ1) is 12.6.